The summed E-state index contributed by atoms with van der Waals surface area (Å²) in [6.07, 6.45) is 2.39. The van der Waals surface area contributed by atoms with Gasteiger partial charge in [-0.2, -0.15) is 0 Å². The Kier molecular flexibility index (Phi) is 5.10. The first-order valence-corrected chi connectivity index (χ1v) is 7.12. The van der Waals surface area contributed by atoms with Crippen molar-refractivity contribution >= 4 is 17.5 Å². The molecule has 2 rings (SSSR count). The average molecular weight is 318 g/mol. The van der Waals surface area contributed by atoms with E-state index in [0.717, 1.165) is 5.69 Å². The third kappa shape index (κ3) is 5.54. The van der Waals surface area contributed by atoms with Gasteiger partial charge >= 0.3 is 6.09 Å². The molecule has 0 aliphatic carbocycles. The molecule has 1 amide bonds. The van der Waals surface area contributed by atoms with Crippen molar-refractivity contribution in [2.45, 2.75) is 32.9 Å². The van der Waals surface area contributed by atoms with Gasteiger partial charge in [0, 0.05) is 11.9 Å². The Balaban J connectivity index is 2.02. The van der Waals surface area contributed by atoms with Crippen LogP contribution in [-0.2, 0) is 11.3 Å². The standard InChI is InChI=1S/C16H19FN4O2/c1-16(2,3)23-15(22)21-14-8-11(4-5-13(14)17)19-9-12-6-7-18-10-20-12/h4-8,10,19H,9H2,1-3H3,(H,21,22). The van der Waals surface area contributed by atoms with Crippen molar-refractivity contribution < 1.29 is 13.9 Å². The maximum atomic E-state index is 13.8. The van der Waals surface area contributed by atoms with Gasteiger partial charge in [-0.3, -0.25) is 5.32 Å². The Morgan fingerprint density at radius 1 is 1.30 bits per heavy atom. The lowest BCUT2D eigenvalue weighted by Crippen LogP contribution is -2.27. The highest BCUT2D eigenvalue weighted by Crippen LogP contribution is 2.21. The molecule has 0 aliphatic rings. The van der Waals surface area contributed by atoms with Crippen LogP contribution in [0.15, 0.2) is 36.8 Å². The molecule has 1 aromatic heterocycles. The third-order valence-corrected chi connectivity index (χ3v) is 2.72. The molecule has 0 fully saturated rings. The summed E-state index contributed by atoms with van der Waals surface area (Å²) in [5, 5.41) is 5.50. The number of carbonyl (C=O) groups excluding carboxylic acids is 1. The topological polar surface area (TPSA) is 76.1 Å². The van der Waals surface area contributed by atoms with Crippen molar-refractivity contribution in [2.24, 2.45) is 0 Å². The lowest BCUT2D eigenvalue weighted by molar-refractivity contribution is 0.0635. The molecule has 2 aromatic rings. The Bertz CT molecular complexity index is 672. The van der Waals surface area contributed by atoms with E-state index in [1.807, 2.05) is 0 Å². The summed E-state index contributed by atoms with van der Waals surface area (Å²) >= 11 is 0. The molecule has 0 aliphatic heterocycles. The first-order chi connectivity index (χ1) is 10.8. The summed E-state index contributed by atoms with van der Waals surface area (Å²) in [5.41, 5.74) is 0.845. The quantitative estimate of drug-likeness (QED) is 0.901. The minimum atomic E-state index is -0.704. The maximum absolute atomic E-state index is 13.8. The van der Waals surface area contributed by atoms with Crippen LogP contribution in [0.3, 0.4) is 0 Å². The van der Waals surface area contributed by atoms with Gasteiger partial charge in [-0.25, -0.2) is 19.2 Å². The average Bonchev–Trinajstić information content (AvgIpc) is 2.47. The van der Waals surface area contributed by atoms with Crippen LogP contribution < -0.4 is 10.6 Å². The second-order valence-electron chi connectivity index (χ2n) is 5.88. The van der Waals surface area contributed by atoms with Gasteiger partial charge in [0.2, 0.25) is 0 Å². The van der Waals surface area contributed by atoms with Gasteiger partial charge in [-0.05, 0) is 45.0 Å². The fraction of sp³-hybridized carbons (Fsp3) is 0.312. The SMILES string of the molecule is CC(C)(C)OC(=O)Nc1cc(NCc2ccncn2)ccc1F. The number of halogens is 1. The van der Waals surface area contributed by atoms with Gasteiger partial charge < -0.3 is 10.1 Å². The first kappa shape index (κ1) is 16.7. The van der Waals surface area contributed by atoms with E-state index in [1.54, 1.807) is 39.1 Å². The molecule has 0 spiro atoms. The number of hydrogen-bond acceptors (Lipinski definition) is 5. The van der Waals surface area contributed by atoms with Crippen LogP contribution in [0.5, 0.6) is 0 Å². The summed E-state index contributed by atoms with van der Waals surface area (Å²) in [4.78, 5) is 19.7. The number of aromatic nitrogens is 2. The van der Waals surface area contributed by atoms with Crippen molar-refractivity contribution in [2.75, 3.05) is 10.6 Å². The van der Waals surface area contributed by atoms with E-state index < -0.39 is 17.5 Å². The summed E-state index contributed by atoms with van der Waals surface area (Å²) < 4.78 is 18.9. The molecule has 122 valence electrons. The number of nitrogens with zero attached hydrogens (tertiary/aromatic N) is 2. The molecule has 0 radical (unpaired) electrons. The van der Waals surface area contributed by atoms with Crippen molar-refractivity contribution in [1.82, 2.24) is 9.97 Å². The zero-order chi connectivity index (χ0) is 16.9. The Morgan fingerprint density at radius 3 is 2.74 bits per heavy atom. The molecule has 2 N–H and O–H groups in total. The number of hydrogen-bond donors (Lipinski definition) is 2. The predicted octanol–water partition coefficient (Wildman–Crippen LogP) is 3.57. The van der Waals surface area contributed by atoms with E-state index in [9.17, 15) is 9.18 Å². The molecule has 0 saturated heterocycles. The highest BCUT2D eigenvalue weighted by molar-refractivity contribution is 5.85. The van der Waals surface area contributed by atoms with Crippen molar-refractivity contribution in [3.05, 3.63) is 48.3 Å². The highest BCUT2D eigenvalue weighted by Gasteiger charge is 2.17. The predicted molar refractivity (Wildman–Crippen MR) is 85.6 cm³/mol. The molecule has 23 heavy (non-hydrogen) atoms. The van der Waals surface area contributed by atoms with Gasteiger partial charge in [0.1, 0.15) is 17.7 Å². The van der Waals surface area contributed by atoms with Gasteiger partial charge in [0.15, 0.2) is 0 Å². The number of ether oxygens (including phenoxy) is 1. The summed E-state index contributed by atoms with van der Waals surface area (Å²) in [6, 6.07) is 6.13. The third-order valence-electron chi connectivity index (χ3n) is 2.72. The van der Waals surface area contributed by atoms with Gasteiger partial charge in [0.05, 0.1) is 17.9 Å². The van der Waals surface area contributed by atoms with Crippen LogP contribution in [-0.4, -0.2) is 21.7 Å². The number of nitrogens with one attached hydrogen (secondary N) is 2. The van der Waals surface area contributed by atoms with Crippen LogP contribution in [0, 0.1) is 5.82 Å². The summed E-state index contributed by atoms with van der Waals surface area (Å²) in [7, 11) is 0. The Hall–Kier alpha value is -2.70. The normalized spacial score (nSPS) is 11.0. The smallest absolute Gasteiger partial charge is 0.412 e. The van der Waals surface area contributed by atoms with Crippen LogP contribution >= 0.6 is 0 Å². The molecule has 0 unspecified atom stereocenters. The number of benzene rings is 1. The van der Waals surface area contributed by atoms with Gasteiger partial charge in [0.25, 0.3) is 0 Å². The van der Waals surface area contributed by atoms with Gasteiger partial charge in [-0.15, -0.1) is 0 Å². The molecule has 1 heterocycles. The summed E-state index contributed by atoms with van der Waals surface area (Å²) in [6.45, 7) is 5.67. The van der Waals surface area contributed by atoms with Crippen LogP contribution in [0.4, 0.5) is 20.6 Å². The zero-order valence-corrected chi connectivity index (χ0v) is 13.3. The van der Waals surface area contributed by atoms with E-state index in [0.29, 0.717) is 12.2 Å². The molecule has 0 bridgehead atoms. The number of anilines is 2. The molecular formula is C16H19FN4O2. The second-order valence-corrected chi connectivity index (χ2v) is 5.88. The maximum Gasteiger partial charge on any atom is 0.412 e. The lowest BCUT2D eigenvalue weighted by atomic mass is 10.2. The van der Waals surface area contributed by atoms with Crippen molar-refractivity contribution in [1.29, 1.82) is 0 Å². The monoisotopic (exact) mass is 318 g/mol. The Morgan fingerprint density at radius 2 is 2.09 bits per heavy atom. The number of rotatable bonds is 4. The highest BCUT2D eigenvalue weighted by atomic mass is 19.1. The lowest BCUT2D eigenvalue weighted by Gasteiger charge is -2.20. The largest absolute Gasteiger partial charge is 0.444 e. The minimum Gasteiger partial charge on any atom is -0.444 e. The molecule has 6 nitrogen and oxygen atoms in total. The van der Waals surface area contributed by atoms with Crippen LogP contribution in [0.1, 0.15) is 26.5 Å². The van der Waals surface area contributed by atoms with Crippen LogP contribution in [0.2, 0.25) is 0 Å². The van der Waals surface area contributed by atoms with Crippen molar-refractivity contribution in [3.8, 4) is 0 Å². The first-order valence-electron chi connectivity index (χ1n) is 7.12. The summed E-state index contributed by atoms with van der Waals surface area (Å²) in [5.74, 6) is -0.538. The van der Waals surface area contributed by atoms with Crippen LogP contribution in [0.25, 0.3) is 0 Å². The van der Waals surface area contributed by atoms with E-state index >= 15 is 0 Å². The molecular weight excluding hydrogens is 299 g/mol. The fourth-order valence-electron chi connectivity index (χ4n) is 1.76. The minimum absolute atomic E-state index is 0.0481. The second kappa shape index (κ2) is 7.04. The molecule has 0 atom stereocenters. The van der Waals surface area contributed by atoms with Gasteiger partial charge in [-0.1, -0.05) is 0 Å². The van der Waals surface area contributed by atoms with E-state index in [4.69, 9.17) is 4.74 Å². The molecule has 7 heteroatoms. The molecule has 0 saturated carbocycles. The van der Waals surface area contributed by atoms with E-state index in [1.165, 1.54) is 18.5 Å². The van der Waals surface area contributed by atoms with E-state index in [2.05, 4.69) is 20.6 Å². The van der Waals surface area contributed by atoms with Crippen molar-refractivity contribution in [3.63, 3.8) is 0 Å². The number of amides is 1. The fourth-order valence-corrected chi connectivity index (χ4v) is 1.76. The van der Waals surface area contributed by atoms with E-state index in [-0.39, 0.29) is 5.69 Å². The number of carbonyl (C=O) groups is 1. The molecule has 1 aromatic carbocycles. The zero-order valence-electron chi connectivity index (χ0n) is 13.3. The Labute approximate surface area is 134 Å².